The molecule has 0 bridgehead atoms. The zero-order chi connectivity index (χ0) is 15.5. The van der Waals surface area contributed by atoms with Gasteiger partial charge in [0.25, 0.3) is 0 Å². The lowest BCUT2D eigenvalue weighted by Crippen LogP contribution is -2.42. The zero-order valence-electron chi connectivity index (χ0n) is 10.6. The summed E-state index contributed by atoms with van der Waals surface area (Å²) >= 11 is 0. The van der Waals surface area contributed by atoms with E-state index in [0.717, 1.165) is 0 Å². The van der Waals surface area contributed by atoms with Crippen LogP contribution < -0.4 is 20.1 Å². The lowest BCUT2D eigenvalue weighted by Gasteiger charge is -2.09. The molecule has 1 heterocycles. The number of fused-ring (bicyclic) bond motifs is 1. The van der Waals surface area contributed by atoms with Gasteiger partial charge in [-0.1, -0.05) is 6.07 Å². The fraction of sp³-hybridized carbons (Fsp3) is 0.333. The van der Waals surface area contributed by atoms with Crippen LogP contribution in [0.4, 0.5) is 13.2 Å². The number of rotatable bonds is 4. The molecule has 1 aliphatic rings. The predicted octanol–water partition coefficient (Wildman–Crippen LogP) is 0.710. The maximum Gasteiger partial charge on any atom is 0.471 e. The second kappa shape index (κ2) is 5.90. The Morgan fingerprint density at radius 1 is 1.14 bits per heavy atom. The highest BCUT2D eigenvalue weighted by Gasteiger charge is 2.38. The molecule has 0 unspecified atom stereocenters. The van der Waals surface area contributed by atoms with E-state index >= 15 is 0 Å². The number of ether oxygens (including phenoxy) is 2. The highest BCUT2D eigenvalue weighted by atomic mass is 19.4. The van der Waals surface area contributed by atoms with Crippen molar-refractivity contribution in [3.05, 3.63) is 23.8 Å². The summed E-state index contributed by atoms with van der Waals surface area (Å²) in [6.07, 6.45) is -5.00. The van der Waals surface area contributed by atoms with Gasteiger partial charge in [-0.05, 0) is 17.7 Å². The molecule has 0 atom stereocenters. The number of nitrogens with one attached hydrogen (secondary N) is 2. The first-order chi connectivity index (χ1) is 9.86. The molecule has 2 N–H and O–H groups in total. The molecule has 9 heteroatoms. The average Bonchev–Trinajstić information content (AvgIpc) is 2.88. The van der Waals surface area contributed by atoms with Crippen LogP contribution in [0.1, 0.15) is 5.56 Å². The average molecular weight is 304 g/mol. The van der Waals surface area contributed by atoms with E-state index in [0.29, 0.717) is 17.1 Å². The molecule has 0 saturated heterocycles. The molecule has 21 heavy (non-hydrogen) atoms. The van der Waals surface area contributed by atoms with Crippen LogP contribution in [0, 0.1) is 0 Å². The molecule has 0 spiro atoms. The summed E-state index contributed by atoms with van der Waals surface area (Å²) < 4.78 is 46.0. The molecule has 1 aromatic rings. The number of halogens is 3. The summed E-state index contributed by atoms with van der Waals surface area (Å²) in [7, 11) is 0. The van der Waals surface area contributed by atoms with E-state index < -0.39 is 24.5 Å². The van der Waals surface area contributed by atoms with E-state index in [2.05, 4.69) is 5.32 Å². The van der Waals surface area contributed by atoms with Crippen molar-refractivity contribution in [2.45, 2.75) is 12.7 Å². The van der Waals surface area contributed by atoms with E-state index in [1.807, 2.05) is 0 Å². The van der Waals surface area contributed by atoms with Gasteiger partial charge in [-0.15, -0.1) is 0 Å². The van der Waals surface area contributed by atoms with Crippen molar-refractivity contribution in [3.63, 3.8) is 0 Å². The third kappa shape index (κ3) is 4.01. The van der Waals surface area contributed by atoms with Crippen LogP contribution >= 0.6 is 0 Å². The Morgan fingerprint density at radius 3 is 2.57 bits per heavy atom. The molecule has 2 amide bonds. The van der Waals surface area contributed by atoms with E-state index in [9.17, 15) is 22.8 Å². The van der Waals surface area contributed by atoms with Crippen molar-refractivity contribution in [2.75, 3.05) is 13.3 Å². The minimum Gasteiger partial charge on any atom is -0.454 e. The number of amides is 2. The Labute approximate surface area is 117 Å². The van der Waals surface area contributed by atoms with Crippen molar-refractivity contribution < 1.29 is 32.2 Å². The van der Waals surface area contributed by atoms with E-state index in [4.69, 9.17) is 9.47 Å². The number of hydrogen-bond donors (Lipinski definition) is 2. The normalized spacial score (nSPS) is 12.9. The highest BCUT2D eigenvalue weighted by molar-refractivity contribution is 5.87. The van der Waals surface area contributed by atoms with Crippen molar-refractivity contribution in [1.82, 2.24) is 10.6 Å². The first-order valence-electron chi connectivity index (χ1n) is 5.86. The molecule has 6 nitrogen and oxygen atoms in total. The summed E-state index contributed by atoms with van der Waals surface area (Å²) in [4.78, 5) is 21.9. The van der Waals surface area contributed by atoms with Crippen LogP contribution in [0.2, 0.25) is 0 Å². The Hall–Kier alpha value is -2.45. The maximum absolute atomic E-state index is 11.9. The van der Waals surface area contributed by atoms with Crippen LogP contribution in [0.25, 0.3) is 0 Å². The number of benzene rings is 1. The topological polar surface area (TPSA) is 76.7 Å². The van der Waals surface area contributed by atoms with Crippen LogP contribution in [0.15, 0.2) is 18.2 Å². The monoisotopic (exact) mass is 304 g/mol. The summed E-state index contributed by atoms with van der Waals surface area (Å²) in [5.41, 5.74) is 0.690. The lowest BCUT2D eigenvalue weighted by molar-refractivity contribution is -0.173. The van der Waals surface area contributed by atoms with Gasteiger partial charge in [-0.25, -0.2) is 0 Å². The van der Waals surface area contributed by atoms with Crippen molar-refractivity contribution >= 4 is 11.8 Å². The third-order valence-corrected chi connectivity index (χ3v) is 2.59. The SMILES string of the molecule is O=C(CNC(=O)C(F)(F)F)NCc1ccc2c(c1)OCO2. The Bertz CT molecular complexity index is 560. The predicted molar refractivity (Wildman–Crippen MR) is 63.5 cm³/mol. The first kappa shape index (κ1) is 14.9. The second-order valence-electron chi connectivity index (χ2n) is 4.14. The summed E-state index contributed by atoms with van der Waals surface area (Å²) in [6, 6.07) is 4.99. The third-order valence-electron chi connectivity index (χ3n) is 2.59. The Kier molecular flexibility index (Phi) is 4.20. The maximum atomic E-state index is 11.9. The van der Waals surface area contributed by atoms with Gasteiger partial charge in [0.2, 0.25) is 12.7 Å². The molecule has 0 fully saturated rings. The number of hydrogen-bond acceptors (Lipinski definition) is 4. The minimum atomic E-state index is -5.00. The quantitative estimate of drug-likeness (QED) is 0.859. The zero-order valence-corrected chi connectivity index (χ0v) is 10.6. The molecule has 2 rings (SSSR count). The van der Waals surface area contributed by atoms with Crippen LogP contribution in [0.5, 0.6) is 11.5 Å². The highest BCUT2D eigenvalue weighted by Crippen LogP contribution is 2.32. The fourth-order valence-electron chi connectivity index (χ4n) is 1.57. The molecule has 0 radical (unpaired) electrons. The smallest absolute Gasteiger partial charge is 0.454 e. The Balaban J connectivity index is 1.78. The van der Waals surface area contributed by atoms with Crippen LogP contribution in [0.3, 0.4) is 0 Å². The van der Waals surface area contributed by atoms with Gasteiger partial charge in [-0.3, -0.25) is 9.59 Å². The second-order valence-corrected chi connectivity index (χ2v) is 4.14. The summed E-state index contributed by atoms with van der Waals surface area (Å²) in [5.74, 6) is -1.76. The summed E-state index contributed by atoms with van der Waals surface area (Å²) in [6.45, 7) is -0.533. The molecule has 1 aromatic carbocycles. The van der Waals surface area contributed by atoms with E-state index in [1.54, 1.807) is 18.2 Å². The number of carbonyl (C=O) groups excluding carboxylic acids is 2. The molecule has 114 valence electrons. The van der Waals surface area contributed by atoms with Gasteiger partial charge in [0.15, 0.2) is 11.5 Å². The van der Waals surface area contributed by atoms with Crippen molar-refractivity contribution in [3.8, 4) is 11.5 Å². The summed E-state index contributed by atoms with van der Waals surface area (Å²) in [5, 5.41) is 3.86. The van der Waals surface area contributed by atoms with Crippen LogP contribution in [-0.4, -0.2) is 31.3 Å². The van der Waals surface area contributed by atoms with Gasteiger partial charge < -0.3 is 20.1 Å². The van der Waals surface area contributed by atoms with Gasteiger partial charge in [0, 0.05) is 6.54 Å². The van der Waals surface area contributed by atoms with Crippen LogP contribution in [-0.2, 0) is 16.1 Å². The standard InChI is InChI=1S/C12H11F3N2O4/c13-12(14,15)11(19)17-5-10(18)16-4-7-1-2-8-9(3-7)21-6-20-8/h1-3H,4-6H2,(H,16,18)(H,17,19). The molecule has 0 aliphatic carbocycles. The van der Waals surface area contributed by atoms with Crippen molar-refractivity contribution in [2.24, 2.45) is 0 Å². The van der Waals surface area contributed by atoms with E-state index in [-0.39, 0.29) is 13.3 Å². The fourth-order valence-corrected chi connectivity index (χ4v) is 1.57. The minimum absolute atomic E-state index is 0.0946. The lowest BCUT2D eigenvalue weighted by atomic mass is 10.2. The van der Waals surface area contributed by atoms with Gasteiger partial charge in [0.1, 0.15) is 0 Å². The van der Waals surface area contributed by atoms with Gasteiger partial charge in [0.05, 0.1) is 6.54 Å². The Morgan fingerprint density at radius 2 is 1.86 bits per heavy atom. The first-order valence-corrected chi connectivity index (χ1v) is 5.86. The largest absolute Gasteiger partial charge is 0.471 e. The number of carbonyl (C=O) groups is 2. The van der Waals surface area contributed by atoms with Gasteiger partial charge in [-0.2, -0.15) is 13.2 Å². The number of alkyl halides is 3. The molecule has 0 aromatic heterocycles. The van der Waals surface area contributed by atoms with E-state index in [1.165, 1.54) is 5.32 Å². The molecule has 0 saturated carbocycles. The molecular weight excluding hydrogens is 293 g/mol. The van der Waals surface area contributed by atoms with Crippen molar-refractivity contribution in [1.29, 1.82) is 0 Å². The molecule has 1 aliphatic heterocycles. The molecular formula is C12H11F3N2O4. The van der Waals surface area contributed by atoms with Gasteiger partial charge >= 0.3 is 12.1 Å².